The molecule has 88 valence electrons. The van der Waals surface area contributed by atoms with Crippen LogP contribution in [-0.2, 0) is 11.2 Å². The van der Waals surface area contributed by atoms with Gasteiger partial charge in [0.15, 0.2) is 0 Å². The van der Waals surface area contributed by atoms with E-state index in [0.717, 1.165) is 18.8 Å². The largest absolute Gasteiger partial charge is 0.493 e. The van der Waals surface area contributed by atoms with Crippen molar-refractivity contribution in [1.82, 2.24) is 5.32 Å². The van der Waals surface area contributed by atoms with E-state index in [1.807, 2.05) is 7.05 Å². The van der Waals surface area contributed by atoms with Crippen LogP contribution in [0.1, 0.15) is 24.1 Å². The molecule has 2 rings (SSSR count). The third-order valence-corrected chi connectivity index (χ3v) is 3.23. The highest BCUT2D eigenvalue weighted by Crippen LogP contribution is 2.34. The van der Waals surface area contributed by atoms with Crippen molar-refractivity contribution < 1.29 is 9.47 Å². The first kappa shape index (κ1) is 11.4. The lowest BCUT2D eigenvalue weighted by molar-refractivity contribution is 0.0847. The van der Waals surface area contributed by atoms with Crippen molar-refractivity contribution in [2.45, 2.75) is 25.5 Å². The summed E-state index contributed by atoms with van der Waals surface area (Å²) in [6.45, 7) is 2.86. The molecule has 16 heavy (non-hydrogen) atoms. The maximum Gasteiger partial charge on any atom is 0.127 e. The van der Waals surface area contributed by atoms with E-state index in [0.29, 0.717) is 0 Å². The molecular formula is C13H19NO2. The fourth-order valence-corrected chi connectivity index (χ4v) is 2.26. The summed E-state index contributed by atoms with van der Waals surface area (Å²) >= 11 is 0. The maximum atomic E-state index is 5.71. The predicted molar refractivity (Wildman–Crippen MR) is 63.9 cm³/mol. The first-order chi connectivity index (χ1) is 7.77. The van der Waals surface area contributed by atoms with Gasteiger partial charge in [-0.25, -0.2) is 0 Å². The Morgan fingerprint density at radius 2 is 2.25 bits per heavy atom. The Labute approximate surface area is 96.8 Å². The molecule has 1 aliphatic rings. The maximum absolute atomic E-state index is 5.71. The summed E-state index contributed by atoms with van der Waals surface area (Å²) in [7, 11) is 3.69. The van der Waals surface area contributed by atoms with E-state index in [-0.39, 0.29) is 12.1 Å². The van der Waals surface area contributed by atoms with Crippen LogP contribution in [0.5, 0.6) is 5.75 Å². The fourth-order valence-electron chi connectivity index (χ4n) is 2.26. The number of likely N-dealkylation sites (N-methyl/N-ethyl adjacent to an activating group) is 1. The number of hydrogen-bond acceptors (Lipinski definition) is 3. The standard InChI is InChI=1S/C13H19NO2/c1-9(15-3)12(14-2)11-6-4-5-10-7-8-16-13(10)11/h4-6,9,12,14H,7-8H2,1-3H3. The molecule has 0 saturated carbocycles. The Morgan fingerprint density at radius 3 is 2.94 bits per heavy atom. The van der Waals surface area contributed by atoms with Gasteiger partial charge in [-0.2, -0.15) is 0 Å². The second kappa shape index (κ2) is 4.85. The normalized spacial score (nSPS) is 17.7. The van der Waals surface area contributed by atoms with Crippen molar-refractivity contribution in [3.8, 4) is 5.75 Å². The van der Waals surface area contributed by atoms with Crippen LogP contribution >= 0.6 is 0 Å². The summed E-state index contributed by atoms with van der Waals surface area (Å²) in [4.78, 5) is 0. The molecule has 0 fully saturated rings. The fraction of sp³-hybridized carbons (Fsp3) is 0.538. The minimum Gasteiger partial charge on any atom is -0.493 e. The summed E-state index contributed by atoms with van der Waals surface area (Å²) in [5.74, 6) is 1.05. The van der Waals surface area contributed by atoms with Gasteiger partial charge in [-0.05, 0) is 19.5 Å². The van der Waals surface area contributed by atoms with Crippen LogP contribution in [0.4, 0.5) is 0 Å². The molecule has 0 aliphatic carbocycles. The smallest absolute Gasteiger partial charge is 0.127 e. The zero-order valence-corrected chi connectivity index (χ0v) is 10.1. The quantitative estimate of drug-likeness (QED) is 0.842. The minimum atomic E-state index is 0.126. The highest BCUT2D eigenvalue weighted by atomic mass is 16.5. The topological polar surface area (TPSA) is 30.5 Å². The lowest BCUT2D eigenvalue weighted by atomic mass is 9.98. The van der Waals surface area contributed by atoms with Crippen molar-refractivity contribution in [2.75, 3.05) is 20.8 Å². The highest BCUT2D eigenvalue weighted by Gasteiger charge is 2.24. The average molecular weight is 221 g/mol. The molecule has 1 aromatic rings. The Kier molecular flexibility index (Phi) is 3.46. The molecule has 1 aliphatic heterocycles. The van der Waals surface area contributed by atoms with Crippen LogP contribution in [0, 0.1) is 0 Å². The van der Waals surface area contributed by atoms with Gasteiger partial charge in [0.1, 0.15) is 5.75 Å². The monoisotopic (exact) mass is 221 g/mol. The van der Waals surface area contributed by atoms with Crippen LogP contribution in [0.2, 0.25) is 0 Å². The number of methoxy groups -OCH3 is 1. The summed E-state index contributed by atoms with van der Waals surface area (Å²) in [5.41, 5.74) is 2.51. The Balaban J connectivity index is 2.35. The van der Waals surface area contributed by atoms with Gasteiger partial charge in [-0.1, -0.05) is 18.2 Å². The van der Waals surface area contributed by atoms with E-state index in [4.69, 9.17) is 9.47 Å². The molecule has 2 unspecified atom stereocenters. The molecule has 0 aromatic heterocycles. The number of hydrogen-bond donors (Lipinski definition) is 1. The first-order valence-corrected chi connectivity index (χ1v) is 5.72. The lowest BCUT2D eigenvalue weighted by Crippen LogP contribution is -2.29. The van der Waals surface area contributed by atoms with E-state index in [2.05, 4.69) is 30.4 Å². The van der Waals surface area contributed by atoms with Crippen molar-refractivity contribution in [2.24, 2.45) is 0 Å². The van der Waals surface area contributed by atoms with E-state index in [1.54, 1.807) is 7.11 Å². The van der Waals surface area contributed by atoms with Gasteiger partial charge in [0, 0.05) is 19.1 Å². The van der Waals surface area contributed by atoms with E-state index < -0.39 is 0 Å². The number of nitrogens with one attached hydrogen (secondary N) is 1. The van der Waals surface area contributed by atoms with Crippen molar-refractivity contribution in [3.63, 3.8) is 0 Å². The Bertz CT molecular complexity index is 365. The van der Waals surface area contributed by atoms with Gasteiger partial charge in [-0.15, -0.1) is 0 Å². The molecule has 0 radical (unpaired) electrons. The second-order valence-corrected chi connectivity index (χ2v) is 4.14. The number of rotatable bonds is 4. The highest BCUT2D eigenvalue weighted by molar-refractivity contribution is 5.46. The molecule has 2 atom stereocenters. The molecular weight excluding hydrogens is 202 g/mol. The van der Waals surface area contributed by atoms with Crippen LogP contribution in [0.15, 0.2) is 18.2 Å². The Hall–Kier alpha value is -1.06. The third-order valence-electron chi connectivity index (χ3n) is 3.23. The number of fused-ring (bicyclic) bond motifs is 1. The van der Waals surface area contributed by atoms with E-state index in [9.17, 15) is 0 Å². The zero-order chi connectivity index (χ0) is 11.5. The van der Waals surface area contributed by atoms with Crippen LogP contribution in [0.25, 0.3) is 0 Å². The van der Waals surface area contributed by atoms with Gasteiger partial charge in [0.05, 0.1) is 18.8 Å². The van der Waals surface area contributed by atoms with Crippen molar-refractivity contribution in [1.29, 1.82) is 0 Å². The molecule has 0 spiro atoms. The van der Waals surface area contributed by atoms with E-state index >= 15 is 0 Å². The summed E-state index contributed by atoms with van der Waals surface area (Å²) < 4.78 is 11.1. The van der Waals surface area contributed by atoms with Crippen LogP contribution in [-0.4, -0.2) is 26.9 Å². The van der Waals surface area contributed by atoms with Crippen LogP contribution < -0.4 is 10.1 Å². The molecule has 3 nitrogen and oxygen atoms in total. The van der Waals surface area contributed by atoms with Crippen LogP contribution in [0.3, 0.4) is 0 Å². The first-order valence-electron chi connectivity index (χ1n) is 5.72. The van der Waals surface area contributed by atoms with Gasteiger partial charge in [-0.3, -0.25) is 0 Å². The third kappa shape index (κ3) is 1.93. The molecule has 0 bridgehead atoms. The number of ether oxygens (including phenoxy) is 2. The van der Waals surface area contributed by atoms with Gasteiger partial charge in [0.25, 0.3) is 0 Å². The number of para-hydroxylation sites is 1. The lowest BCUT2D eigenvalue weighted by Gasteiger charge is -2.24. The van der Waals surface area contributed by atoms with Crippen molar-refractivity contribution in [3.05, 3.63) is 29.3 Å². The zero-order valence-electron chi connectivity index (χ0n) is 10.1. The average Bonchev–Trinajstić information content (AvgIpc) is 2.78. The molecule has 0 saturated heterocycles. The molecule has 0 amide bonds. The van der Waals surface area contributed by atoms with E-state index in [1.165, 1.54) is 11.1 Å². The SMILES string of the molecule is CNC(c1cccc2c1OCC2)C(C)OC. The summed E-state index contributed by atoms with van der Waals surface area (Å²) in [6.07, 6.45) is 1.14. The molecule has 1 N–H and O–H groups in total. The van der Waals surface area contributed by atoms with Gasteiger partial charge < -0.3 is 14.8 Å². The second-order valence-electron chi connectivity index (χ2n) is 4.14. The summed E-state index contributed by atoms with van der Waals surface area (Å²) in [5, 5.41) is 3.29. The summed E-state index contributed by atoms with van der Waals surface area (Å²) in [6, 6.07) is 6.52. The minimum absolute atomic E-state index is 0.126. The molecule has 3 heteroatoms. The van der Waals surface area contributed by atoms with Crippen molar-refractivity contribution >= 4 is 0 Å². The molecule has 1 heterocycles. The van der Waals surface area contributed by atoms with Gasteiger partial charge in [0.2, 0.25) is 0 Å². The van der Waals surface area contributed by atoms with Gasteiger partial charge >= 0.3 is 0 Å². The molecule has 1 aromatic carbocycles. The number of benzene rings is 1. The Morgan fingerprint density at radius 1 is 1.44 bits per heavy atom. The predicted octanol–water partition coefficient (Wildman–Crippen LogP) is 1.92.